The molecule has 60 valence electrons. The Balaban J connectivity index is 2.70. The van der Waals surface area contributed by atoms with Gasteiger partial charge in [-0.2, -0.15) is 0 Å². The van der Waals surface area contributed by atoms with Gasteiger partial charge >= 0.3 is 0 Å². The van der Waals surface area contributed by atoms with Crippen LogP contribution in [-0.2, 0) is 0 Å². The number of hydrogen-bond donors (Lipinski definition) is 1. The topological polar surface area (TPSA) is 26.0 Å². The third-order valence-electron chi connectivity index (χ3n) is 3.29. The van der Waals surface area contributed by atoms with Crippen molar-refractivity contribution in [3.63, 3.8) is 0 Å². The Morgan fingerprint density at radius 2 is 1.50 bits per heavy atom. The molecule has 10 heavy (non-hydrogen) atoms. The summed E-state index contributed by atoms with van der Waals surface area (Å²) in [5.41, 5.74) is 6.58. The third-order valence-corrected chi connectivity index (χ3v) is 3.29. The third kappa shape index (κ3) is 1.20. The van der Waals surface area contributed by atoms with Crippen LogP contribution in [-0.4, -0.2) is 5.54 Å². The lowest BCUT2D eigenvalue weighted by Gasteiger charge is -2.45. The molecule has 0 amide bonds. The summed E-state index contributed by atoms with van der Waals surface area (Å²) < 4.78 is 0. The summed E-state index contributed by atoms with van der Waals surface area (Å²) in [5.74, 6) is 0. The van der Waals surface area contributed by atoms with E-state index in [2.05, 4.69) is 20.8 Å². The van der Waals surface area contributed by atoms with Crippen LogP contribution in [0.2, 0.25) is 0 Å². The average molecular weight is 141 g/mol. The van der Waals surface area contributed by atoms with E-state index in [-0.39, 0.29) is 5.54 Å². The second-order valence-corrected chi connectivity index (χ2v) is 4.51. The fraction of sp³-hybridized carbons (Fsp3) is 1.00. The molecule has 0 aromatic rings. The van der Waals surface area contributed by atoms with Crippen LogP contribution in [0.4, 0.5) is 0 Å². The molecule has 1 aliphatic carbocycles. The van der Waals surface area contributed by atoms with Crippen molar-refractivity contribution in [1.29, 1.82) is 0 Å². The van der Waals surface area contributed by atoms with Gasteiger partial charge in [-0.25, -0.2) is 0 Å². The average Bonchev–Trinajstić information content (AvgIpc) is 1.77. The highest BCUT2D eigenvalue weighted by Crippen LogP contribution is 2.41. The van der Waals surface area contributed by atoms with E-state index >= 15 is 0 Å². The monoisotopic (exact) mass is 141 g/mol. The first-order valence-electron chi connectivity index (χ1n) is 4.25. The number of hydrogen-bond acceptors (Lipinski definition) is 1. The van der Waals surface area contributed by atoms with Gasteiger partial charge in [0.15, 0.2) is 0 Å². The first-order valence-corrected chi connectivity index (χ1v) is 4.25. The van der Waals surface area contributed by atoms with Crippen LogP contribution in [0.3, 0.4) is 0 Å². The summed E-state index contributed by atoms with van der Waals surface area (Å²) >= 11 is 0. The van der Waals surface area contributed by atoms with Crippen LogP contribution < -0.4 is 5.73 Å². The van der Waals surface area contributed by atoms with Crippen molar-refractivity contribution in [2.75, 3.05) is 0 Å². The van der Waals surface area contributed by atoms with Gasteiger partial charge in [0.05, 0.1) is 0 Å². The SMILES string of the molecule is CC1(C)CCCC[C@]1(C)N. The van der Waals surface area contributed by atoms with Gasteiger partial charge in [-0.3, -0.25) is 0 Å². The summed E-state index contributed by atoms with van der Waals surface area (Å²) in [7, 11) is 0. The number of rotatable bonds is 0. The Morgan fingerprint density at radius 3 is 1.80 bits per heavy atom. The molecule has 1 nitrogen and oxygen atoms in total. The second kappa shape index (κ2) is 2.23. The highest BCUT2D eigenvalue weighted by atomic mass is 14.8. The Hall–Kier alpha value is -0.0400. The molecular formula is C9H19N. The predicted molar refractivity (Wildman–Crippen MR) is 44.8 cm³/mol. The van der Waals surface area contributed by atoms with Gasteiger partial charge < -0.3 is 5.73 Å². The lowest BCUT2D eigenvalue weighted by atomic mass is 9.65. The zero-order chi connectivity index (χ0) is 7.83. The van der Waals surface area contributed by atoms with E-state index in [0.29, 0.717) is 5.41 Å². The minimum Gasteiger partial charge on any atom is -0.325 e. The van der Waals surface area contributed by atoms with Crippen LogP contribution in [0, 0.1) is 5.41 Å². The van der Waals surface area contributed by atoms with Crippen molar-refractivity contribution in [2.24, 2.45) is 11.1 Å². The van der Waals surface area contributed by atoms with Crippen LogP contribution in [0.25, 0.3) is 0 Å². The van der Waals surface area contributed by atoms with Crippen LogP contribution in [0.1, 0.15) is 46.5 Å². The molecule has 0 saturated heterocycles. The van der Waals surface area contributed by atoms with E-state index in [9.17, 15) is 0 Å². The van der Waals surface area contributed by atoms with Crippen LogP contribution in [0.5, 0.6) is 0 Å². The van der Waals surface area contributed by atoms with Crippen LogP contribution in [0.15, 0.2) is 0 Å². The summed E-state index contributed by atoms with van der Waals surface area (Å²) in [6.07, 6.45) is 5.16. The van der Waals surface area contributed by atoms with E-state index in [4.69, 9.17) is 5.73 Å². The molecule has 0 aliphatic heterocycles. The maximum Gasteiger partial charge on any atom is 0.0177 e. The van der Waals surface area contributed by atoms with Gasteiger partial charge in [0.1, 0.15) is 0 Å². The second-order valence-electron chi connectivity index (χ2n) is 4.51. The minimum atomic E-state index is 0.0747. The molecule has 0 heterocycles. The lowest BCUT2D eigenvalue weighted by Crippen LogP contribution is -2.51. The van der Waals surface area contributed by atoms with E-state index < -0.39 is 0 Å². The van der Waals surface area contributed by atoms with Crippen molar-refractivity contribution < 1.29 is 0 Å². The lowest BCUT2D eigenvalue weighted by molar-refractivity contribution is 0.116. The highest BCUT2D eigenvalue weighted by Gasteiger charge is 2.39. The first-order chi connectivity index (χ1) is 4.46. The van der Waals surface area contributed by atoms with Gasteiger partial charge in [0, 0.05) is 5.54 Å². The Morgan fingerprint density at radius 1 is 1.00 bits per heavy atom. The maximum atomic E-state index is 6.16. The maximum absolute atomic E-state index is 6.16. The molecular weight excluding hydrogens is 122 g/mol. The molecule has 2 N–H and O–H groups in total. The minimum absolute atomic E-state index is 0.0747. The summed E-state index contributed by atoms with van der Waals surface area (Å²) in [4.78, 5) is 0. The fourth-order valence-corrected chi connectivity index (χ4v) is 1.68. The Bertz CT molecular complexity index is 109. The number of nitrogens with two attached hydrogens (primary N) is 1. The first kappa shape index (κ1) is 8.06. The molecule has 1 heteroatoms. The van der Waals surface area contributed by atoms with Crippen LogP contribution >= 0.6 is 0 Å². The summed E-state index contributed by atoms with van der Waals surface area (Å²) in [6.45, 7) is 6.75. The van der Waals surface area contributed by atoms with Gasteiger partial charge in [-0.15, -0.1) is 0 Å². The van der Waals surface area contributed by atoms with Crippen molar-refractivity contribution in [3.8, 4) is 0 Å². The molecule has 0 aromatic carbocycles. The molecule has 0 spiro atoms. The molecule has 0 aromatic heterocycles. The van der Waals surface area contributed by atoms with Gasteiger partial charge in [0.25, 0.3) is 0 Å². The summed E-state index contributed by atoms with van der Waals surface area (Å²) in [6, 6.07) is 0. The smallest absolute Gasteiger partial charge is 0.0177 e. The van der Waals surface area contributed by atoms with Gasteiger partial charge in [0.2, 0.25) is 0 Å². The van der Waals surface area contributed by atoms with Gasteiger partial charge in [-0.1, -0.05) is 26.7 Å². The van der Waals surface area contributed by atoms with E-state index in [1.807, 2.05) is 0 Å². The zero-order valence-electron chi connectivity index (χ0n) is 7.41. The van der Waals surface area contributed by atoms with E-state index in [0.717, 1.165) is 0 Å². The quantitative estimate of drug-likeness (QED) is 0.550. The standard InChI is InChI=1S/C9H19N/c1-8(2)6-4-5-7-9(8,3)10/h4-7,10H2,1-3H3/t9-/m0/s1. The van der Waals surface area contributed by atoms with Crippen molar-refractivity contribution >= 4 is 0 Å². The van der Waals surface area contributed by atoms with Crippen molar-refractivity contribution in [2.45, 2.75) is 52.0 Å². The summed E-state index contributed by atoms with van der Waals surface area (Å²) in [5, 5.41) is 0. The van der Waals surface area contributed by atoms with E-state index in [1.54, 1.807) is 0 Å². The molecule has 1 aliphatic rings. The molecule has 0 unspecified atom stereocenters. The zero-order valence-corrected chi connectivity index (χ0v) is 7.41. The van der Waals surface area contributed by atoms with Gasteiger partial charge in [-0.05, 0) is 25.2 Å². The molecule has 0 bridgehead atoms. The molecule has 0 radical (unpaired) electrons. The highest BCUT2D eigenvalue weighted by molar-refractivity contribution is 4.96. The fourth-order valence-electron chi connectivity index (χ4n) is 1.68. The van der Waals surface area contributed by atoms with Crippen molar-refractivity contribution in [3.05, 3.63) is 0 Å². The molecule has 1 saturated carbocycles. The predicted octanol–water partition coefficient (Wildman–Crippen LogP) is 2.30. The Kier molecular flexibility index (Phi) is 1.80. The van der Waals surface area contributed by atoms with E-state index in [1.165, 1.54) is 25.7 Å². The molecule has 1 atom stereocenters. The Labute approximate surface area is 64.0 Å². The molecule has 1 fully saturated rings. The largest absolute Gasteiger partial charge is 0.325 e. The van der Waals surface area contributed by atoms with Crippen molar-refractivity contribution in [1.82, 2.24) is 0 Å². The molecule has 1 rings (SSSR count). The normalized spacial score (nSPS) is 39.6.